The van der Waals surface area contributed by atoms with E-state index in [1.165, 1.54) is 0 Å². The number of sulfone groups is 1. The summed E-state index contributed by atoms with van der Waals surface area (Å²) < 4.78 is 26.9. The number of piperidine rings is 1. The second kappa shape index (κ2) is 14.5. The molecule has 0 aromatic heterocycles. The molecule has 0 spiro atoms. The van der Waals surface area contributed by atoms with E-state index in [1.54, 1.807) is 36.9 Å². The minimum Gasteiger partial charge on any atom is -0.330 e. The first-order valence-corrected chi connectivity index (χ1v) is 18.4. The van der Waals surface area contributed by atoms with Crippen molar-refractivity contribution in [2.75, 3.05) is 11.1 Å². The molecule has 0 saturated carbocycles. The average Bonchev–Trinajstić information content (AvgIpc) is 2.98. The van der Waals surface area contributed by atoms with Gasteiger partial charge in [0.1, 0.15) is 0 Å². The van der Waals surface area contributed by atoms with Crippen LogP contribution in [0.5, 0.6) is 0 Å². The van der Waals surface area contributed by atoms with Gasteiger partial charge >= 0.3 is 0 Å². The third kappa shape index (κ3) is 8.15. The minimum absolute atomic E-state index is 0.0690. The largest absolute Gasteiger partial charge is 0.330 e. The van der Waals surface area contributed by atoms with E-state index in [-0.39, 0.29) is 35.8 Å². The van der Waals surface area contributed by atoms with Gasteiger partial charge in [0, 0.05) is 34.1 Å². The van der Waals surface area contributed by atoms with E-state index >= 15 is 0 Å². The second-order valence-electron chi connectivity index (χ2n) is 13.8. The molecule has 0 radical (unpaired) electrons. The molecule has 46 heavy (non-hydrogen) atoms. The number of rotatable bonds is 11. The molecule has 3 aromatic rings. The highest BCUT2D eigenvalue weighted by atomic mass is 35.5. The number of nitrogens with one attached hydrogen (secondary N) is 1. The number of benzene rings is 3. The lowest BCUT2D eigenvalue weighted by molar-refractivity contribution is -0.157. The van der Waals surface area contributed by atoms with Crippen LogP contribution >= 0.6 is 23.2 Å². The molecule has 1 fully saturated rings. The smallest absolute Gasteiger partial charge is 0.229 e. The van der Waals surface area contributed by atoms with Crippen LogP contribution < -0.4 is 5.32 Å². The molecule has 2 amide bonds. The third-order valence-electron chi connectivity index (χ3n) is 9.25. The van der Waals surface area contributed by atoms with Crippen LogP contribution in [0.1, 0.15) is 95.9 Å². The minimum atomic E-state index is -3.54. The van der Waals surface area contributed by atoms with Crippen LogP contribution in [-0.4, -0.2) is 42.2 Å². The highest BCUT2D eigenvalue weighted by Crippen LogP contribution is 2.52. The lowest BCUT2D eigenvalue weighted by Gasteiger charge is -2.53. The molecule has 4 atom stereocenters. The number of halogens is 2. The number of nitrogens with zero attached hydrogens (tertiary/aromatic N) is 1. The molecule has 0 bridgehead atoms. The van der Waals surface area contributed by atoms with Crippen LogP contribution in [0, 0.1) is 11.3 Å². The number of carbonyl (C=O) groups excluding carboxylic acids is 2. The Morgan fingerprint density at radius 3 is 2.09 bits per heavy atom. The first-order chi connectivity index (χ1) is 21.5. The van der Waals surface area contributed by atoms with Gasteiger partial charge in [0.25, 0.3) is 0 Å². The van der Waals surface area contributed by atoms with Gasteiger partial charge in [-0.05, 0) is 85.2 Å². The van der Waals surface area contributed by atoms with Gasteiger partial charge in [0.05, 0.1) is 22.5 Å². The zero-order valence-corrected chi connectivity index (χ0v) is 30.1. The van der Waals surface area contributed by atoms with E-state index in [1.807, 2.05) is 75.4 Å². The average molecular weight is 686 g/mol. The lowest BCUT2D eigenvalue weighted by atomic mass is 9.66. The van der Waals surface area contributed by atoms with Crippen LogP contribution in [0.15, 0.2) is 72.8 Å². The van der Waals surface area contributed by atoms with Gasteiger partial charge in [-0.15, -0.1) is 0 Å². The Kier molecular flexibility index (Phi) is 11.3. The molecule has 1 saturated heterocycles. The van der Waals surface area contributed by atoms with Crippen molar-refractivity contribution >= 4 is 50.5 Å². The van der Waals surface area contributed by atoms with Crippen molar-refractivity contribution in [1.82, 2.24) is 4.90 Å². The molecule has 0 unspecified atom stereocenters. The summed E-state index contributed by atoms with van der Waals surface area (Å²) in [6.07, 6.45) is 0.290. The molecule has 3 aromatic carbocycles. The van der Waals surface area contributed by atoms with Crippen molar-refractivity contribution in [2.45, 2.75) is 90.5 Å². The maximum absolute atomic E-state index is 14.9. The first-order valence-electron chi connectivity index (χ1n) is 16.0. The van der Waals surface area contributed by atoms with Crippen molar-refractivity contribution in [3.63, 3.8) is 0 Å². The van der Waals surface area contributed by atoms with Crippen LogP contribution in [-0.2, 0) is 19.4 Å². The zero-order chi connectivity index (χ0) is 34.0. The van der Waals surface area contributed by atoms with Crippen LogP contribution in [0.3, 0.4) is 0 Å². The second-order valence-corrected chi connectivity index (χ2v) is 17.3. The molecule has 1 heterocycles. The number of carbonyl (C=O) groups is 2. The zero-order valence-electron chi connectivity index (χ0n) is 27.8. The Hall–Kier alpha value is -2.87. The van der Waals surface area contributed by atoms with E-state index in [4.69, 9.17) is 23.2 Å². The maximum atomic E-state index is 14.9. The third-order valence-corrected chi connectivity index (χ3v) is 12.0. The maximum Gasteiger partial charge on any atom is 0.229 e. The standard InChI is InChI=1S/C37H46Cl2N2O4S/c1-23(2)26-13-17-31(18-14-26)40-34(42)21-37(7)20-32(28-9-8-10-30(39)19-28)35(27-11-15-29(38)16-12-27)41(36(37)43)33(24(3)4)22-46(44,45)25(5)6/h8-19,23-25,32-33,35H,20-22H2,1-7H3,(H,40,42)/t32-,33-,35-,37-/m1/s1. The highest BCUT2D eigenvalue weighted by Gasteiger charge is 2.53. The van der Waals surface area contributed by atoms with E-state index in [9.17, 15) is 18.0 Å². The monoisotopic (exact) mass is 684 g/mol. The first kappa shape index (κ1) is 36.0. The Bertz CT molecular complexity index is 1640. The van der Waals surface area contributed by atoms with Crippen molar-refractivity contribution in [2.24, 2.45) is 11.3 Å². The molecule has 1 N–H and O–H groups in total. The van der Waals surface area contributed by atoms with Gasteiger partial charge in [0.2, 0.25) is 11.8 Å². The fraction of sp³-hybridized carbons (Fsp3) is 0.459. The summed E-state index contributed by atoms with van der Waals surface area (Å²) in [5.74, 6) is -0.829. The molecule has 248 valence electrons. The molecular weight excluding hydrogens is 639 g/mol. The molecule has 6 nitrogen and oxygen atoms in total. The normalized spacial score (nSPS) is 21.2. The molecule has 1 aliphatic heterocycles. The summed E-state index contributed by atoms with van der Waals surface area (Å²) in [6.45, 7) is 13.3. The molecule has 1 aliphatic rings. The Balaban J connectivity index is 1.84. The Morgan fingerprint density at radius 1 is 0.913 bits per heavy atom. The van der Waals surface area contributed by atoms with Gasteiger partial charge in [-0.3, -0.25) is 9.59 Å². The summed E-state index contributed by atoms with van der Waals surface area (Å²) in [5.41, 5.74) is 2.44. The number of hydrogen-bond donors (Lipinski definition) is 1. The Morgan fingerprint density at radius 2 is 1.54 bits per heavy atom. The van der Waals surface area contributed by atoms with E-state index < -0.39 is 32.6 Å². The van der Waals surface area contributed by atoms with E-state index in [2.05, 4.69) is 19.2 Å². The van der Waals surface area contributed by atoms with Gasteiger partial charge in [-0.25, -0.2) is 8.42 Å². The highest BCUT2D eigenvalue weighted by molar-refractivity contribution is 7.92. The number of likely N-dealkylation sites (tertiary alicyclic amines) is 1. The van der Waals surface area contributed by atoms with Crippen molar-refractivity contribution in [3.8, 4) is 0 Å². The fourth-order valence-electron chi connectivity index (χ4n) is 6.45. The van der Waals surface area contributed by atoms with Gasteiger partial charge in [0.15, 0.2) is 9.84 Å². The van der Waals surface area contributed by atoms with E-state index in [0.29, 0.717) is 28.1 Å². The predicted octanol–water partition coefficient (Wildman–Crippen LogP) is 9.06. The summed E-state index contributed by atoms with van der Waals surface area (Å²) in [6, 6.07) is 21.5. The van der Waals surface area contributed by atoms with Crippen LogP contribution in [0.25, 0.3) is 0 Å². The predicted molar refractivity (Wildman–Crippen MR) is 189 cm³/mol. The quantitative estimate of drug-likeness (QED) is 0.218. The summed E-state index contributed by atoms with van der Waals surface area (Å²) >= 11 is 12.8. The lowest BCUT2D eigenvalue weighted by Crippen LogP contribution is -2.59. The van der Waals surface area contributed by atoms with Crippen molar-refractivity contribution < 1.29 is 18.0 Å². The molecule has 9 heteroatoms. The Labute approximate surface area is 284 Å². The van der Waals surface area contributed by atoms with Crippen LogP contribution in [0.4, 0.5) is 5.69 Å². The summed E-state index contributed by atoms with van der Waals surface area (Å²) in [7, 11) is -3.54. The summed E-state index contributed by atoms with van der Waals surface area (Å²) in [4.78, 5) is 30.4. The number of anilines is 1. The van der Waals surface area contributed by atoms with Gasteiger partial charge < -0.3 is 10.2 Å². The molecule has 0 aliphatic carbocycles. The van der Waals surface area contributed by atoms with Crippen molar-refractivity contribution in [3.05, 3.63) is 99.5 Å². The molecule has 4 rings (SSSR count). The topological polar surface area (TPSA) is 83.6 Å². The SMILES string of the molecule is CC(C)c1ccc(NC(=O)C[C@@]2(C)C[C@H](c3cccc(Cl)c3)[C@@H](c3ccc(Cl)cc3)N([C@H](CS(=O)(=O)C(C)C)C(C)C)C2=O)cc1. The van der Waals surface area contributed by atoms with E-state index in [0.717, 1.165) is 16.7 Å². The van der Waals surface area contributed by atoms with Gasteiger partial charge in [-0.1, -0.05) is 94.2 Å². The number of amides is 2. The fourth-order valence-corrected chi connectivity index (χ4v) is 8.18. The summed E-state index contributed by atoms with van der Waals surface area (Å²) in [5, 5.41) is 3.50. The number of hydrogen-bond acceptors (Lipinski definition) is 4. The van der Waals surface area contributed by atoms with Gasteiger partial charge in [-0.2, -0.15) is 0 Å². The van der Waals surface area contributed by atoms with Crippen LogP contribution in [0.2, 0.25) is 10.0 Å². The van der Waals surface area contributed by atoms with Crippen molar-refractivity contribution in [1.29, 1.82) is 0 Å². The molecular formula is C37H46Cl2N2O4S.